The van der Waals surface area contributed by atoms with Gasteiger partial charge in [-0.1, -0.05) is 0 Å². The lowest BCUT2D eigenvalue weighted by Gasteiger charge is -2.11. The first-order chi connectivity index (χ1) is 8.10. The molecule has 2 aromatic heterocycles. The Morgan fingerprint density at radius 3 is 2.53 bits per heavy atom. The Hall–Kier alpha value is -0.780. The highest BCUT2D eigenvalue weighted by atomic mass is 32.1. The zero-order valence-corrected chi connectivity index (χ0v) is 12.2. The lowest BCUT2D eigenvalue weighted by molar-refractivity contribution is 0.599. The van der Waals surface area contributed by atoms with Crippen LogP contribution in [-0.4, -0.2) is 17.0 Å². The molecule has 0 radical (unpaired) electrons. The molecule has 0 amide bonds. The Morgan fingerprint density at radius 2 is 2.06 bits per heavy atom. The fourth-order valence-corrected chi connectivity index (χ4v) is 3.56. The van der Waals surface area contributed by atoms with E-state index in [9.17, 15) is 0 Å². The summed E-state index contributed by atoms with van der Waals surface area (Å²) in [6.07, 6.45) is 2.91. The van der Waals surface area contributed by atoms with E-state index < -0.39 is 0 Å². The van der Waals surface area contributed by atoms with Crippen molar-refractivity contribution in [2.75, 3.05) is 7.05 Å². The highest BCUT2D eigenvalue weighted by molar-refractivity contribution is 7.12. The van der Waals surface area contributed by atoms with Crippen LogP contribution in [0.3, 0.4) is 0 Å². The van der Waals surface area contributed by atoms with E-state index in [1.165, 1.54) is 14.8 Å². The van der Waals surface area contributed by atoms with Gasteiger partial charge in [0.25, 0.3) is 0 Å². The number of hydrogen-bond donors (Lipinski definition) is 1. The summed E-state index contributed by atoms with van der Waals surface area (Å²) in [6, 6.07) is 0.325. The monoisotopic (exact) mass is 267 g/mol. The smallest absolute Gasteiger partial charge is 0.0950 e. The predicted octanol–water partition coefficient (Wildman–Crippen LogP) is 3.03. The van der Waals surface area contributed by atoms with Crippen LogP contribution >= 0.6 is 22.7 Å². The molecule has 0 aliphatic rings. The van der Waals surface area contributed by atoms with Gasteiger partial charge in [0.05, 0.1) is 15.7 Å². The highest BCUT2D eigenvalue weighted by Crippen LogP contribution is 2.26. The molecular weight excluding hydrogens is 250 g/mol. The third-order valence-corrected chi connectivity index (χ3v) is 4.90. The Kier molecular flexibility index (Phi) is 3.91. The number of likely N-dealkylation sites (N-methyl/N-ethyl adjacent to an activating group) is 1. The molecular formula is C12H17N3S2. The van der Waals surface area contributed by atoms with Crippen LogP contribution in [0.15, 0.2) is 6.20 Å². The van der Waals surface area contributed by atoms with Crippen molar-refractivity contribution in [2.24, 2.45) is 0 Å². The fourth-order valence-electron chi connectivity index (χ4n) is 1.68. The van der Waals surface area contributed by atoms with E-state index in [4.69, 9.17) is 0 Å². The fraction of sp³-hybridized carbons (Fsp3) is 0.500. The van der Waals surface area contributed by atoms with Crippen molar-refractivity contribution in [3.8, 4) is 0 Å². The van der Waals surface area contributed by atoms with Crippen LogP contribution in [0.5, 0.6) is 0 Å². The topological polar surface area (TPSA) is 37.8 Å². The molecule has 0 spiro atoms. The van der Waals surface area contributed by atoms with Crippen molar-refractivity contribution in [3.63, 3.8) is 0 Å². The second kappa shape index (κ2) is 5.25. The quantitative estimate of drug-likeness (QED) is 0.925. The van der Waals surface area contributed by atoms with Crippen LogP contribution in [0.1, 0.15) is 31.5 Å². The number of nitrogens with zero attached hydrogens (tertiary/aromatic N) is 2. The summed E-state index contributed by atoms with van der Waals surface area (Å²) < 4.78 is 0. The van der Waals surface area contributed by atoms with E-state index in [0.717, 1.165) is 17.1 Å². The number of nitrogens with one attached hydrogen (secondary N) is 1. The summed E-state index contributed by atoms with van der Waals surface area (Å²) in [6.45, 7) is 6.24. The molecule has 0 fully saturated rings. The van der Waals surface area contributed by atoms with Gasteiger partial charge in [-0.2, -0.15) is 0 Å². The maximum Gasteiger partial charge on any atom is 0.0950 e. The molecule has 1 unspecified atom stereocenters. The van der Waals surface area contributed by atoms with Gasteiger partial charge in [0.15, 0.2) is 0 Å². The Balaban J connectivity index is 2.15. The van der Waals surface area contributed by atoms with Gasteiger partial charge < -0.3 is 5.32 Å². The van der Waals surface area contributed by atoms with Crippen LogP contribution < -0.4 is 5.32 Å². The average molecular weight is 267 g/mol. The van der Waals surface area contributed by atoms with Gasteiger partial charge in [-0.05, 0) is 27.8 Å². The average Bonchev–Trinajstić information content (AvgIpc) is 2.83. The van der Waals surface area contributed by atoms with Crippen molar-refractivity contribution >= 4 is 22.7 Å². The van der Waals surface area contributed by atoms with E-state index >= 15 is 0 Å². The van der Waals surface area contributed by atoms with Gasteiger partial charge in [-0.25, -0.2) is 9.97 Å². The van der Waals surface area contributed by atoms with Crippen molar-refractivity contribution in [3.05, 3.63) is 31.7 Å². The van der Waals surface area contributed by atoms with Crippen LogP contribution in [-0.2, 0) is 6.42 Å². The van der Waals surface area contributed by atoms with Gasteiger partial charge in [-0.3, -0.25) is 0 Å². The molecule has 0 aliphatic heterocycles. The summed E-state index contributed by atoms with van der Waals surface area (Å²) in [7, 11) is 1.99. The maximum atomic E-state index is 4.59. The van der Waals surface area contributed by atoms with Crippen molar-refractivity contribution in [2.45, 2.75) is 33.2 Å². The molecule has 17 heavy (non-hydrogen) atoms. The number of aromatic nitrogens is 2. The summed E-state index contributed by atoms with van der Waals surface area (Å²) in [4.78, 5) is 11.5. The first-order valence-electron chi connectivity index (χ1n) is 5.62. The maximum absolute atomic E-state index is 4.59. The Labute approximate surface area is 110 Å². The molecule has 3 nitrogen and oxygen atoms in total. The first-order valence-corrected chi connectivity index (χ1v) is 7.26. The molecule has 1 N–H and O–H groups in total. The SMILES string of the molecule is CNC(Cc1nc(C)c(C)s1)c1cnc(C)s1. The number of thiazole rings is 2. The molecule has 92 valence electrons. The predicted molar refractivity (Wildman–Crippen MR) is 73.9 cm³/mol. The van der Waals surface area contributed by atoms with Crippen molar-refractivity contribution < 1.29 is 0 Å². The number of rotatable bonds is 4. The molecule has 2 aromatic rings. The zero-order chi connectivity index (χ0) is 12.4. The van der Waals surface area contributed by atoms with E-state index in [2.05, 4.69) is 29.1 Å². The standard InChI is InChI=1S/C12H17N3S2/c1-7-8(2)16-12(15-7)5-10(13-4)11-6-14-9(3)17-11/h6,10,13H,5H2,1-4H3. The normalized spacial score (nSPS) is 12.9. The van der Waals surface area contributed by atoms with Crippen molar-refractivity contribution in [1.29, 1.82) is 0 Å². The van der Waals surface area contributed by atoms with E-state index in [1.54, 1.807) is 22.7 Å². The summed E-state index contributed by atoms with van der Waals surface area (Å²) in [5.74, 6) is 0. The molecule has 0 aliphatic carbocycles. The van der Waals surface area contributed by atoms with Gasteiger partial charge in [0.2, 0.25) is 0 Å². The summed E-state index contributed by atoms with van der Waals surface area (Å²) in [5.41, 5.74) is 1.15. The van der Waals surface area contributed by atoms with Crippen LogP contribution in [0.25, 0.3) is 0 Å². The highest BCUT2D eigenvalue weighted by Gasteiger charge is 2.15. The van der Waals surface area contributed by atoms with Crippen LogP contribution in [0, 0.1) is 20.8 Å². The van der Waals surface area contributed by atoms with Crippen molar-refractivity contribution in [1.82, 2.24) is 15.3 Å². The third kappa shape index (κ3) is 2.91. The third-order valence-electron chi connectivity index (χ3n) is 2.78. The molecule has 0 aromatic carbocycles. The minimum Gasteiger partial charge on any atom is -0.312 e. The second-order valence-corrected chi connectivity index (χ2v) is 6.63. The number of hydrogen-bond acceptors (Lipinski definition) is 5. The zero-order valence-electron chi connectivity index (χ0n) is 10.6. The van der Waals surface area contributed by atoms with Gasteiger partial charge in [0.1, 0.15) is 0 Å². The second-order valence-electron chi connectivity index (χ2n) is 4.08. The molecule has 5 heteroatoms. The molecule has 2 rings (SSSR count). The van der Waals surface area contributed by atoms with Gasteiger partial charge >= 0.3 is 0 Å². The molecule has 0 saturated carbocycles. The molecule has 0 bridgehead atoms. The first kappa shape index (κ1) is 12.7. The lowest BCUT2D eigenvalue weighted by Crippen LogP contribution is -2.17. The molecule has 1 atom stereocenters. The van der Waals surface area contributed by atoms with E-state index in [1.807, 2.05) is 20.2 Å². The summed E-state index contributed by atoms with van der Waals surface area (Å²) >= 11 is 3.55. The Morgan fingerprint density at radius 1 is 1.29 bits per heavy atom. The minimum atomic E-state index is 0.325. The van der Waals surface area contributed by atoms with E-state index in [0.29, 0.717) is 6.04 Å². The van der Waals surface area contributed by atoms with Crippen LogP contribution in [0.2, 0.25) is 0 Å². The number of aryl methyl sites for hydroxylation is 3. The van der Waals surface area contributed by atoms with Crippen LogP contribution in [0.4, 0.5) is 0 Å². The van der Waals surface area contributed by atoms with Gasteiger partial charge in [0, 0.05) is 28.4 Å². The van der Waals surface area contributed by atoms with Gasteiger partial charge in [-0.15, -0.1) is 22.7 Å². The molecule has 2 heterocycles. The molecule has 0 saturated heterocycles. The minimum absolute atomic E-state index is 0.325. The van der Waals surface area contributed by atoms with E-state index in [-0.39, 0.29) is 0 Å². The largest absolute Gasteiger partial charge is 0.312 e. The Bertz CT molecular complexity index is 482. The summed E-state index contributed by atoms with van der Waals surface area (Å²) in [5, 5.41) is 5.66. The lowest BCUT2D eigenvalue weighted by atomic mass is 10.2.